The van der Waals surface area contributed by atoms with Gasteiger partial charge in [-0.15, -0.1) is 11.3 Å². The van der Waals surface area contributed by atoms with Gasteiger partial charge in [-0.25, -0.2) is 8.42 Å². The molecule has 0 bridgehead atoms. The SMILES string of the molecule is CS(=O)(=O)c1cc(C(=O)NC2[C@H]3COC[C@@H]23)cs1. The molecule has 2 fully saturated rings. The monoisotopic (exact) mass is 287 g/mol. The van der Waals surface area contributed by atoms with E-state index in [2.05, 4.69) is 5.32 Å². The van der Waals surface area contributed by atoms with Crippen molar-refractivity contribution in [2.24, 2.45) is 11.8 Å². The fourth-order valence-electron chi connectivity index (χ4n) is 2.32. The van der Waals surface area contributed by atoms with Crippen LogP contribution in [0.2, 0.25) is 0 Å². The molecular weight excluding hydrogens is 274 g/mol. The second-order valence-corrected chi connectivity index (χ2v) is 7.94. The van der Waals surface area contributed by atoms with Gasteiger partial charge in [-0.3, -0.25) is 4.79 Å². The predicted octanol–water partition coefficient (Wildman–Crippen LogP) is 0.526. The number of hydrogen-bond acceptors (Lipinski definition) is 5. The van der Waals surface area contributed by atoms with E-state index in [1.807, 2.05) is 0 Å². The summed E-state index contributed by atoms with van der Waals surface area (Å²) in [7, 11) is -3.22. The molecule has 1 unspecified atom stereocenters. The molecule has 7 heteroatoms. The van der Waals surface area contributed by atoms with Crippen molar-refractivity contribution in [1.82, 2.24) is 5.32 Å². The summed E-state index contributed by atoms with van der Waals surface area (Å²) in [5.74, 6) is 0.699. The Balaban J connectivity index is 1.68. The van der Waals surface area contributed by atoms with Crippen molar-refractivity contribution in [1.29, 1.82) is 0 Å². The normalized spacial score (nSPS) is 29.9. The first kappa shape index (κ1) is 12.1. The molecule has 5 nitrogen and oxygen atoms in total. The van der Waals surface area contributed by atoms with Gasteiger partial charge in [-0.2, -0.15) is 0 Å². The Morgan fingerprint density at radius 3 is 2.67 bits per heavy atom. The van der Waals surface area contributed by atoms with E-state index in [1.54, 1.807) is 5.38 Å². The molecule has 3 atom stereocenters. The highest BCUT2D eigenvalue weighted by Crippen LogP contribution is 2.44. The molecule has 1 aromatic rings. The summed E-state index contributed by atoms with van der Waals surface area (Å²) < 4.78 is 28.1. The van der Waals surface area contributed by atoms with Crippen LogP contribution in [0.3, 0.4) is 0 Å². The van der Waals surface area contributed by atoms with Crippen molar-refractivity contribution in [3.8, 4) is 0 Å². The standard InChI is InChI=1S/C11H13NO4S2/c1-18(14,15)9-2-6(5-17-9)11(13)12-10-7-3-16-4-8(7)10/h2,5,7-8,10H,3-4H2,1H3,(H,12,13)/t7-,8+,10?. The van der Waals surface area contributed by atoms with E-state index in [1.165, 1.54) is 6.07 Å². The maximum atomic E-state index is 11.9. The lowest BCUT2D eigenvalue weighted by atomic mass is 10.3. The lowest BCUT2D eigenvalue weighted by molar-refractivity contribution is 0.0929. The predicted molar refractivity (Wildman–Crippen MR) is 66.5 cm³/mol. The first-order valence-corrected chi connectivity index (χ1v) is 8.41. The summed E-state index contributed by atoms with van der Waals surface area (Å²) >= 11 is 1.08. The molecule has 18 heavy (non-hydrogen) atoms. The molecule has 1 N–H and O–H groups in total. The first-order chi connectivity index (χ1) is 8.47. The largest absolute Gasteiger partial charge is 0.381 e. The van der Waals surface area contributed by atoms with E-state index in [4.69, 9.17) is 4.74 Å². The van der Waals surface area contributed by atoms with Crippen LogP contribution in [0.25, 0.3) is 0 Å². The molecular formula is C11H13NO4S2. The van der Waals surface area contributed by atoms with E-state index in [-0.39, 0.29) is 16.2 Å². The number of fused-ring (bicyclic) bond motifs is 1. The van der Waals surface area contributed by atoms with Crippen molar-refractivity contribution in [3.05, 3.63) is 17.0 Å². The zero-order valence-electron chi connectivity index (χ0n) is 9.75. The lowest BCUT2D eigenvalue weighted by Gasteiger charge is -2.05. The van der Waals surface area contributed by atoms with Crippen LogP contribution < -0.4 is 5.32 Å². The molecule has 1 saturated heterocycles. The highest BCUT2D eigenvalue weighted by molar-refractivity contribution is 7.92. The van der Waals surface area contributed by atoms with Gasteiger partial charge in [0.2, 0.25) is 0 Å². The zero-order chi connectivity index (χ0) is 12.9. The quantitative estimate of drug-likeness (QED) is 0.880. The van der Waals surface area contributed by atoms with Crippen LogP contribution in [-0.2, 0) is 14.6 Å². The van der Waals surface area contributed by atoms with Crippen LogP contribution in [-0.4, -0.2) is 39.8 Å². The molecule has 2 aliphatic rings. The summed E-state index contributed by atoms with van der Waals surface area (Å²) in [4.78, 5) is 11.9. The van der Waals surface area contributed by atoms with Gasteiger partial charge in [0.25, 0.3) is 5.91 Å². The van der Waals surface area contributed by atoms with Gasteiger partial charge in [0.1, 0.15) is 4.21 Å². The molecule has 0 aromatic carbocycles. The number of thiophene rings is 1. The summed E-state index contributed by atoms with van der Waals surface area (Å²) in [5.41, 5.74) is 0.423. The Hall–Kier alpha value is -0.920. The average molecular weight is 287 g/mol. The van der Waals surface area contributed by atoms with Crippen LogP contribution in [0.5, 0.6) is 0 Å². The maximum absolute atomic E-state index is 11.9. The molecule has 1 amide bonds. The fraction of sp³-hybridized carbons (Fsp3) is 0.545. The third-order valence-electron chi connectivity index (χ3n) is 3.45. The van der Waals surface area contributed by atoms with E-state index in [9.17, 15) is 13.2 Å². The molecule has 3 rings (SSSR count). The van der Waals surface area contributed by atoms with Crippen molar-refractivity contribution in [2.75, 3.05) is 19.5 Å². The molecule has 0 radical (unpaired) electrons. The Kier molecular flexibility index (Phi) is 2.72. The molecule has 0 spiro atoms. The summed E-state index contributed by atoms with van der Waals surface area (Å²) in [6.07, 6.45) is 1.14. The van der Waals surface area contributed by atoms with E-state index >= 15 is 0 Å². The number of sulfone groups is 1. The van der Waals surface area contributed by atoms with E-state index < -0.39 is 9.84 Å². The Morgan fingerprint density at radius 1 is 1.44 bits per heavy atom. The number of carbonyl (C=O) groups excluding carboxylic acids is 1. The Bertz CT molecular complexity index is 582. The average Bonchev–Trinajstić information content (AvgIpc) is 2.82. The first-order valence-electron chi connectivity index (χ1n) is 5.64. The Labute approximate surface area is 109 Å². The minimum absolute atomic E-state index is 0.194. The van der Waals surface area contributed by atoms with Crippen LogP contribution >= 0.6 is 11.3 Å². The van der Waals surface area contributed by atoms with Crippen LogP contribution in [0.1, 0.15) is 10.4 Å². The smallest absolute Gasteiger partial charge is 0.252 e. The maximum Gasteiger partial charge on any atom is 0.252 e. The van der Waals surface area contributed by atoms with Crippen molar-refractivity contribution < 1.29 is 17.9 Å². The molecule has 1 aliphatic carbocycles. The van der Waals surface area contributed by atoms with Gasteiger partial charge < -0.3 is 10.1 Å². The number of ether oxygens (including phenoxy) is 1. The van der Waals surface area contributed by atoms with Crippen molar-refractivity contribution >= 4 is 27.1 Å². The van der Waals surface area contributed by atoms with E-state index in [0.717, 1.165) is 17.6 Å². The van der Waals surface area contributed by atoms with Crippen LogP contribution in [0.15, 0.2) is 15.7 Å². The number of carbonyl (C=O) groups is 1. The fourth-order valence-corrected chi connectivity index (χ4v) is 4.12. The second-order valence-electron chi connectivity index (χ2n) is 4.79. The van der Waals surface area contributed by atoms with Gasteiger partial charge in [-0.1, -0.05) is 0 Å². The van der Waals surface area contributed by atoms with Gasteiger partial charge >= 0.3 is 0 Å². The Morgan fingerprint density at radius 2 is 2.11 bits per heavy atom. The highest BCUT2D eigenvalue weighted by Gasteiger charge is 2.54. The zero-order valence-corrected chi connectivity index (χ0v) is 11.4. The van der Waals surface area contributed by atoms with Gasteiger partial charge in [0, 0.05) is 29.5 Å². The van der Waals surface area contributed by atoms with Crippen LogP contribution in [0.4, 0.5) is 0 Å². The second kappa shape index (κ2) is 4.04. The minimum Gasteiger partial charge on any atom is -0.381 e. The highest BCUT2D eigenvalue weighted by atomic mass is 32.2. The lowest BCUT2D eigenvalue weighted by Crippen LogP contribution is -2.29. The third-order valence-corrected chi connectivity index (χ3v) is 6.22. The minimum atomic E-state index is -3.22. The number of amides is 1. The molecule has 98 valence electrons. The van der Waals surface area contributed by atoms with E-state index in [0.29, 0.717) is 30.6 Å². The number of rotatable bonds is 3. The van der Waals surface area contributed by atoms with Gasteiger partial charge in [0.15, 0.2) is 9.84 Å². The summed E-state index contributed by atoms with van der Waals surface area (Å²) in [6.45, 7) is 1.43. The summed E-state index contributed by atoms with van der Waals surface area (Å²) in [6, 6.07) is 1.64. The summed E-state index contributed by atoms with van der Waals surface area (Å²) in [5, 5.41) is 4.51. The van der Waals surface area contributed by atoms with Gasteiger partial charge in [-0.05, 0) is 6.07 Å². The molecule has 1 aliphatic heterocycles. The topological polar surface area (TPSA) is 72.5 Å². The molecule has 1 saturated carbocycles. The number of hydrogen-bond donors (Lipinski definition) is 1. The molecule has 2 heterocycles. The molecule has 1 aromatic heterocycles. The van der Waals surface area contributed by atoms with Gasteiger partial charge in [0.05, 0.1) is 18.8 Å². The third kappa shape index (κ3) is 2.06. The van der Waals surface area contributed by atoms with Crippen LogP contribution in [0, 0.1) is 11.8 Å². The van der Waals surface area contributed by atoms with Crippen molar-refractivity contribution in [3.63, 3.8) is 0 Å². The number of nitrogens with one attached hydrogen (secondary N) is 1. The van der Waals surface area contributed by atoms with Crippen molar-refractivity contribution in [2.45, 2.75) is 10.3 Å².